The Balaban J connectivity index is 2.60. The maximum atomic E-state index is 2.61. The molecule has 2 rings (SSSR count). The van der Waals surface area contributed by atoms with Gasteiger partial charge in [-0.25, -0.2) is 0 Å². The molecule has 22 heavy (non-hydrogen) atoms. The van der Waals surface area contributed by atoms with Crippen molar-refractivity contribution < 1.29 is 0 Å². The van der Waals surface area contributed by atoms with Crippen LogP contribution in [0.2, 0.25) is 34.3 Å². The fraction of sp³-hybridized carbons (Fsp3) is 0.333. The fourth-order valence-electron chi connectivity index (χ4n) is 2.54. The third kappa shape index (κ3) is 4.71. The molecule has 0 bridgehead atoms. The van der Waals surface area contributed by atoms with E-state index >= 15 is 0 Å². The number of benzene rings is 2. The first kappa shape index (κ1) is 18.8. The third-order valence-corrected chi connectivity index (χ3v) is 56.6. The average Bonchev–Trinajstić information content (AvgIpc) is 2.44. The average molecular weight is 456 g/mol. The number of hydrogen-bond donors (Lipinski definition) is 0. The Kier molecular flexibility index (Phi) is 6.42. The summed E-state index contributed by atoms with van der Waals surface area (Å²) in [4.78, 5) is 0. The molecule has 0 saturated heterocycles. The summed E-state index contributed by atoms with van der Waals surface area (Å²) in [5, 5.41) is 3.31. The fourth-order valence-corrected chi connectivity index (χ4v) is 92.0. The standard InChI is InChI=1S/C18H28As2P2/c1-19(2,3)21(17-13-9-7-10-14-17)22(20(4,5)6)18-15-11-8-12-16-18/h7-16H,1-6H3. The second kappa shape index (κ2) is 7.54. The van der Waals surface area contributed by atoms with Gasteiger partial charge in [0, 0.05) is 0 Å². The molecule has 0 heterocycles. The first-order valence-corrected chi connectivity index (χ1v) is 27.1. The Hall–Kier alpha value is 0.417. The molecule has 2 atom stereocenters. The SMILES string of the molecule is C[As](C)(C)P(c1ccccc1)P(c1ccccc1)[As](C)(C)C. The number of hydrogen-bond acceptors (Lipinski definition) is 0. The van der Waals surface area contributed by atoms with Gasteiger partial charge in [-0.1, -0.05) is 0 Å². The molecule has 0 aliphatic heterocycles. The Morgan fingerprint density at radius 3 is 1.00 bits per heavy atom. The normalized spacial score (nSPS) is 15.4. The second-order valence-electron chi connectivity index (χ2n) is 7.13. The summed E-state index contributed by atoms with van der Waals surface area (Å²) in [6.07, 6.45) is -0.0230. The molecule has 0 N–H and O–H groups in total. The van der Waals surface area contributed by atoms with Crippen LogP contribution in [0.15, 0.2) is 60.7 Å². The van der Waals surface area contributed by atoms with E-state index in [9.17, 15) is 0 Å². The molecule has 0 aliphatic carbocycles. The van der Waals surface area contributed by atoms with Gasteiger partial charge in [0.25, 0.3) is 0 Å². The maximum absolute atomic E-state index is 2.61. The van der Waals surface area contributed by atoms with Crippen molar-refractivity contribution in [2.24, 2.45) is 0 Å². The monoisotopic (exact) mass is 456 g/mol. The van der Waals surface area contributed by atoms with E-state index in [1.807, 2.05) is 0 Å². The second-order valence-corrected chi connectivity index (χ2v) is 49.6. The summed E-state index contributed by atoms with van der Waals surface area (Å²) >= 11 is -3.25. The first-order valence-electron chi connectivity index (χ1n) is 7.55. The van der Waals surface area contributed by atoms with Crippen molar-refractivity contribution in [2.75, 3.05) is 0 Å². The molecule has 4 heteroatoms. The summed E-state index contributed by atoms with van der Waals surface area (Å²) in [5.74, 6) is 0. The molecule has 0 nitrogen and oxygen atoms in total. The molecule has 2 radical (unpaired) electrons. The van der Waals surface area contributed by atoms with Gasteiger partial charge in [0.15, 0.2) is 0 Å². The van der Waals surface area contributed by atoms with E-state index in [4.69, 9.17) is 0 Å². The molecule has 2 aromatic rings. The minimum absolute atomic E-state index is 0.0115. The molecular formula is C18H28As2P2. The van der Waals surface area contributed by atoms with Gasteiger partial charge in [-0.2, -0.15) is 0 Å². The van der Waals surface area contributed by atoms with E-state index < -0.39 is 26.2 Å². The molecule has 0 aromatic heterocycles. The molecule has 2 unspecified atom stereocenters. The van der Waals surface area contributed by atoms with E-state index in [2.05, 4.69) is 94.9 Å². The van der Waals surface area contributed by atoms with Gasteiger partial charge in [0.2, 0.25) is 0 Å². The van der Waals surface area contributed by atoms with Crippen LogP contribution in [0.5, 0.6) is 0 Å². The van der Waals surface area contributed by atoms with E-state index in [1.54, 1.807) is 10.6 Å². The van der Waals surface area contributed by atoms with E-state index in [0.29, 0.717) is 0 Å². The number of rotatable bonds is 5. The molecule has 0 fully saturated rings. The Morgan fingerprint density at radius 2 is 0.773 bits per heavy atom. The van der Waals surface area contributed by atoms with Gasteiger partial charge in [0.1, 0.15) is 0 Å². The quantitative estimate of drug-likeness (QED) is 0.372. The molecule has 0 spiro atoms. The zero-order valence-corrected chi connectivity index (χ0v) is 20.1. The van der Waals surface area contributed by atoms with Gasteiger partial charge < -0.3 is 0 Å². The Morgan fingerprint density at radius 1 is 0.500 bits per heavy atom. The molecular weight excluding hydrogens is 428 g/mol. The van der Waals surface area contributed by atoms with E-state index in [0.717, 1.165) is 0 Å². The molecule has 120 valence electrons. The van der Waals surface area contributed by atoms with Crippen molar-refractivity contribution in [3.8, 4) is 0 Å². The van der Waals surface area contributed by atoms with Crippen molar-refractivity contribution >= 4 is 49.1 Å². The van der Waals surface area contributed by atoms with Crippen molar-refractivity contribution in [3.63, 3.8) is 0 Å². The van der Waals surface area contributed by atoms with Crippen LogP contribution in [0.25, 0.3) is 0 Å². The molecule has 0 amide bonds. The van der Waals surface area contributed by atoms with Crippen LogP contribution < -0.4 is 10.6 Å². The summed E-state index contributed by atoms with van der Waals surface area (Å²) in [6.45, 7) is 0. The predicted octanol–water partition coefficient (Wildman–Crippen LogP) is 6.19. The third-order valence-electron chi connectivity index (χ3n) is 3.29. The summed E-state index contributed by atoms with van der Waals surface area (Å²) in [5.41, 5.74) is 15.7. The minimum atomic E-state index is -1.62. The van der Waals surface area contributed by atoms with Crippen LogP contribution in [-0.2, 0) is 0 Å². The van der Waals surface area contributed by atoms with Crippen LogP contribution in [0.3, 0.4) is 0 Å². The Bertz CT molecular complexity index is 530. The van der Waals surface area contributed by atoms with Gasteiger partial charge in [-0.3, -0.25) is 0 Å². The van der Waals surface area contributed by atoms with Crippen molar-refractivity contribution in [3.05, 3.63) is 60.7 Å². The first-order chi connectivity index (χ1) is 10.2. The van der Waals surface area contributed by atoms with Crippen LogP contribution in [0.4, 0.5) is 0 Å². The summed E-state index contributed by atoms with van der Waals surface area (Å²) < 4.78 is 0. The van der Waals surface area contributed by atoms with Crippen LogP contribution in [0, 0.1) is 0 Å². The molecule has 0 aliphatic rings. The topological polar surface area (TPSA) is 0 Å². The van der Waals surface area contributed by atoms with Gasteiger partial charge in [-0.15, -0.1) is 0 Å². The summed E-state index contributed by atoms with van der Waals surface area (Å²) in [6, 6.07) is 22.9. The van der Waals surface area contributed by atoms with E-state index in [-0.39, 0.29) is 12.3 Å². The van der Waals surface area contributed by atoms with Gasteiger partial charge in [0.05, 0.1) is 0 Å². The van der Waals surface area contributed by atoms with Gasteiger partial charge in [-0.05, 0) is 0 Å². The van der Waals surface area contributed by atoms with Crippen LogP contribution in [-0.4, -0.2) is 26.2 Å². The zero-order chi connectivity index (χ0) is 16.4. The molecule has 2 aromatic carbocycles. The van der Waals surface area contributed by atoms with E-state index in [1.165, 1.54) is 0 Å². The van der Waals surface area contributed by atoms with Crippen LogP contribution in [0.1, 0.15) is 0 Å². The zero-order valence-electron chi connectivity index (χ0n) is 14.6. The molecule has 0 saturated carbocycles. The predicted molar refractivity (Wildman–Crippen MR) is 113 cm³/mol. The summed E-state index contributed by atoms with van der Waals surface area (Å²) in [7, 11) is 0. The van der Waals surface area contributed by atoms with Crippen molar-refractivity contribution in [1.82, 2.24) is 0 Å². The van der Waals surface area contributed by atoms with Crippen LogP contribution >= 0.6 is 12.3 Å². The van der Waals surface area contributed by atoms with Crippen molar-refractivity contribution in [1.29, 1.82) is 0 Å². The van der Waals surface area contributed by atoms with Crippen molar-refractivity contribution in [2.45, 2.75) is 34.3 Å². The Labute approximate surface area is 143 Å². The van der Waals surface area contributed by atoms with Gasteiger partial charge >= 0.3 is 144 Å².